The van der Waals surface area contributed by atoms with E-state index in [0.29, 0.717) is 10.0 Å². The van der Waals surface area contributed by atoms with Gasteiger partial charge in [-0.15, -0.1) is 0 Å². The summed E-state index contributed by atoms with van der Waals surface area (Å²) in [6.45, 7) is 0. The third kappa shape index (κ3) is 2.14. The van der Waals surface area contributed by atoms with Gasteiger partial charge in [0, 0.05) is 5.92 Å². The van der Waals surface area contributed by atoms with E-state index in [1.54, 1.807) is 18.2 Å². The average Bonchev–Trinajstić information content (AvgIpc) is 2.20. The zero-order valence-corrected chi connectivity index (χ0v) is 9.79. The first-order valence-corrected chi connectivity index (χ1v) is 5.54. The molecule has 0 unspecified atom stereocenters. The van der Waals surface area contributed by atoms with E-state index in [9.17, 15) is 14.0 Å². The van der Waals surface area contributed by atoms with Gasteiger partial charge in [-0.3, -0.25) is 9.59 Å². The first kappa shape index (κ1) is 11.3. The molecule has 2 rings (SSSR count). The molecule has 0 radical (unpaired) electrons. The highest BCUT2D eigenvalue weighted by molar-refractivity contribution is 9.10. The number of carbonyl (C=O) groups excluding carboxylic acids is 2. The Hall–Kier alpha value is -1.23. The summed E-state index contributed by atoms with van der Waals surface area (Å²) in [6.07, 6.45) is 0.0816. The van der Waals surface area contributed by atoms with E-state index in [-0.39, 0.29) is 12.8 Å². The fraction of sp³-hybridized carbons (Fsp3) is 0.273. The van der Waals surface area contributed by atoms with Crippen molar-refractivity contribution in [3.8, 4) is 0 Å². The molecule has 0 amide bonds. The van der Waals surface area contributed by atoms with Crippen LogP contribution in [0.25, 0.3) is 0 Å². The Labute approximate surface area is 99.7 Å². The number of halogens is 2. The Morgan fingerprint density at radius 1 is 1.25 bits per heavy atom. The first-order valence-electron chi connectivity index (χ1n) is 4.75. The van der Waals surface area contributed by atoms with Crippen LogP contribution in [0.5, 0.6) is 0 Å². The quantitative estimate of drug-likeness (QED) is 0.589. The minimum atomic E-state index is -0.597. The lowest BCUT2D eigenvalue weighted by atomic mass is 9.91. The van der Waals surface area contributed by atoms with Gasteiger partial charge in [0.05, 0.1) is 17.3 Å². The Balaban J connectivity index is 2.33. The SMILES string of the molecule is O=C1CC(c2cccc(Br)c2F)CC(=O)O1. The standard InChI is InChI=1S/C11H8BrFO3/c12-8-3-1-2-7(11(8)13)6-4-9(14)16-10(15)5-6/h1-3,6H,4-5H2. The van der Waals surface area contributed by atoms with E-state index >= 15 is 0 Å². The Morgan fingerprint density at radius 2 is 1.88 bits per heavy atom. The topological polar surface area (TPSA) is 43.4 Å². The van der Waals surface area contributed by atoms with Gasteiger partial charge in [-0.25, -0.2) is 4.39 Å². The van der Waals surface area contributed by atoms with Crippen LogP contribution in [0.3, 0.4) is 0 Å². The van der Waals surface area contributed by atoms with Crippen molar-refractivity contribution in [2.45, 2.75) is 18.8 Å². The van der Waals surface area contributed by atoms with Crippen molar-refractivity contribution >= 4 is 27.9 Å². The Bertz CT molecular complexity index is 443. The number of hydrogen-bond donors (Lipinski definition) is 0. The molecule has 5 heteroatoms. The van der Waals surface area contributed by atoms with Crippen LogP contribution in [-0.4, -0.2) is 11.9 Å². The van der Waals surface area contributed by atoms with Gasteiger partial charge in [0.2, 0.25) is 0 Å². The van der Waals surface area contributed by atoms with Crippen LogP contribution in [0.15, 0.2) is 22.7 Å². The molecule has 1 fully saturated rings. The summed E-state index contributed by atoms with van der Waals surface area (Å²) in [4.78, 5) is 22.2. The van der Waals surface area contributed by atoms with Crippen molar-refractivity contribution in [1.29, 1.82) is 0 Å². The number of esters is 2. The molecular weight excluding hydrogens is 279 g/mol. The van der Waals surface area contributed by atoms with Gasteiger partial charge in [-0.2, -0.15) is 0 Å². The largest absolute Gasteiger partial charge is 0.393 e. The summed E-state index contributed by atoms with van der Waals surface area (Å²) < 4.78 is 18.5. The van der Waals surface area contributed by atoms with E-state index in [4.69, 9.17) is 0 Å². The number of cyclic esters (lactones) is 2. The van der Waals surface area contributed by atoms with Gasteiger partial charge in [0.1, 0.15) is 5.82 Å². The van der Waals surface area contributed by atoms with Crippen LogP contribution in [0.2, 0.25) is 0 Å². The molecule has 1 aromatic rings. The number of ether oxygens (including phenoxy) is 1. The molecule has 0 saturated carbocycles. The van der Waals surface area contributed by atoms with Crippen LogP contribution < -0.4 is 0 Å². The Kier molecular flexibility index (Phi) is 3.05. The minimum Gasteiger partial charge on any atom is -0.393 e. The van der Waals surface area contributed by atoms with Gasteiger partial charge < -0.3 is 4.74 Å². The first-order chi connectivity index (χ1) is 7.58. The summed E-state index contributed by atoms with van der Waals surface area (Å²) in [5.74, 6) is -2.04. The van der Waals surface area contributed by atoms with Gasteiger partial charge in [0.25, 0.3) is 0 Å². The molecular formula is C11H8BrFO3. The predicted octanol–water partition coefficient (Wildman–Crippen LogP) is 2.54. The van der Waals surface area contributed by atoms with Crippen LogP contribution in [0.1, 0.15) is 24.3 Å². The van der Waals surface area contributed by atoms with Crippen LogP contribution in [-0.2, 0) is 14.3 Å². The van der Waals surface area contributed by atoms with E-state index in [1.807, 2.05) is 0 Å². The second kappa shape index (κ2) is 4.33. The number of carbonyl (C=O) groups is 2. The third-order valence-corrected chi connectivity index (χ3v) is 3.09. The van der Waals surface area contributed by atoms with Crippen LogP contribution in [0.4, 0.5) is 4.39 Å². The highest BCUT2D eigenvalue weighted by Gasteiger charge is 2.30. The molecule has 0 N–H and O–H groups in total. The third-order valence-electron chi connectivity index (χ3n) is 2.48. The molecule has 1 saturated heterocycles. The molecule has 1 aliphatic rings. The highest BCUT2D eigenvalue weighted by atomic mass is 79.9. The second-order valence-corrected chi connectivity index (χ2v) is 4.45. The molecule has 1 aliphatic heterocycles. The molecule has 1 aromatic carbocycles. The maximum Gasteiger partial charge on any atom is 0.314 e. The van der Waals surface area contributed by atoms with Gasteiger partial charge >= 0.3 is 11.9 Å². The van der Waals surface area contributed by atoms with E-state index < -0.39 is 23.7 Å². The molecule has 0 aromatic heterocycles. The predicted molar refractivity (Wildman–Crippen MR) is 57.2 cm³/mol. The lowest BCUT2D eigenvalue weighted by molar-refractivity contribution is -0.163. The fourth-order valence-corrected chi connectivity index (χ4v) is 2.12. The number of benzene rings is 1. The van der Waals surface area contributed by atoms with Crippen molar-refractivity contribution in [1.82, 2.24) is 0 Å². The summed E-state index contributed by atoms with van der Waals surface area (Å²) in [6, 6.07) is 4.82. The molecule has 0 aliphatic carbocycles. The van der Waals surface area contributed by atoms with Crippen molar-refractivity contribution in [2.75, 3.05) is 0 Å². The highest BCUT2D eigenvalue weighted by Crippen LogP contribution is 2.32. The maximum atomic E-state index is 13.7. The van der Waals surface area contributed by atoms with Crippen molar-refractivity contribution < 1.29 is 18.7 Å². The fourth-order valence-electron chi connectivity index (χ4n) is 1.74. The number of hydrogen-bond acceptors (Lipinski definition) is 3. The van der Waals surface area contributed by atoms with Crippen LogP contribution in [0, 0.1) is 5.82 Å². The molecule has 0 atom stereocenters. The van der Waals surface area contributed by atoms with E-state index in [1.165, 1.54) is 0 Å². The summed E-state index contributed by atoms with van der Waals surface area (Å²) in [7, 11) is 0. The van der Waals surface area contributed by atoms with Gasteiger partial charge in [-0.1, -0.05) is 12.1 Å². The molecule has 3 nitrogen and oxygen atoms in total. The molecule has 1 heterocycles. The summed E-state index contributed by atoms with van der Waals surface area (Å²) >= 11 is 3.07. The van der Waals surface area contributed by atoms with Gasteiger partial charge in [-0.05, 0) is 27.6 Å². The monoisotopic (exact) mass is 286 g/mol. The van der Waals surface area contributed by atoms with Gasteiger partial charge in [0.15, 0.2) is 0 Å². The normalized spacial score (nSPS) is 17.4. The molecule has 16 heavy (non-hydrogen) atoms. The summed E-state index contributed by atoms with van der Waals surface area (Å²) in [5.41, 5.74) is 0.374. The smallest absolute Gasteiger partial charge is 0.314 e. The minimum absolute atomic E-state index is 0.0408. The molecule has 0 bridgehead atoms. The lowest BCUT2D eigenvalue weighted by Crippen LogP contribution is -2.24. The van der Waals surface area contributed by atoms with Crippen molar-refractivity contribution in [2.24, 2.45) is 0 Å². The zero-order chi connectivity index (χ0) is 11.7. The maximum absolute atomic E-state index is 13.7. The van der Waals surface area contributed by atoms with Crippen LogP contribution >= 0.6 is 15.9 Å². The number of rotatable bonds is 1. The van der Waals surface area contributed by atoms with E-state index in [0.717, 1.165) is 0 Å². The van der Waals surface area contributed by atoms with E-state index in [2.05, 4.69) is 20.7 Å². The average molecular weight is 287 g/mol. The lowest BCUT2D eigenvalue weighted by Gasteiger charge is -2.20. The summed E-state index contributed by atoms with van der Waals surface area (Å²) in [5, 5.41) is 0. The molecule has 0 spiro atoms. The van der Waals surface area contributed by atoms with Crippen molar-refractivity contribution in [3.63, 3.8) is 0 Å². The van der Waals surface area contributed by atoms with Crippen molar-refractivity contribution in [3.05, 3.63) is 34.1 Å². The zero-order valence-electron chi connectivity index (χ0n) is 8.20. The molecule has 84 valence electrons. The second-order valence-electron chi connectivity index (χ2n) is 3.59. The Morgan fingerprint density at radius 3 is 2.50 bits per heavy atom.